The highest BCUT2D eigenvalue weighted by Crippen LogP contribution is 2.52. The number of amides is 1. The minimum atomic E-state index is -1.76. The third kappa shape index (κ3) is 3.37. The second kappa shape index (κ2) is 9.01. The van der Waals surface area contributed by atoms with Gasteiger partial charge < -0.3 is 10.5 Å². The van der Waals surface area contributed by atoms with E-state index in [1.807, 2.05) is 24.3 Å². The van der Waals surface area contributed by atoms with Crippen LogP contribution < -0.4 is 15.4 Å². The van der Waals surface area contributed by atoms with Crippen LogP contribution in [-0.2, 0) is 10.2 Å². The molecule has 2 N–H and O–H groups in total. The molecule has 9 heteroatoms. The molecule has 8 nitrogen and oxygen atoms in total. The molecule has 0 fully saturated rings. The van der Waals surface area contributed by atoms with E-state index < -0.39 is 22.9 Å². The van der Waals surface area contributed by atoms with Crippen LogP contribution in [0.3, 0.4) is 0 Å². The molecule has 6 rings (SSSR count). The number of anilines is 3. The number of halogens is 1. The van der Waals surface area contributed by atoms with Crippen LogP contribution in [0.2, 0.25) is 0 Å². The summed E-state index contributed by atoms with van der Waals surface area (Å²) in [7, 11) is 1.45. The Hall–Kier alpha value is -5.05. The Bertz CT molecular complexity index is 1880. The largest absolute Gasteiger partial charge is 0.495 e. The molecule has 40 heavy (non-hydrogen) atoms. The normalized spacial score (nSPS) is 16.5. The summed E-state index contributed by atoms with van der Waals surface area (Å²) in [5.41, 5.74) is 7.29. The summed E-state index contributed by atoms with van der Waals surface area (Å²) >= 11 is 0. The van der Waals surface area contributed by atoms with Gasteiger partial charge in [-0.25, -0.2) is 4.39 Å². The number of pyridine rings is 1. The summed E-state index contributed by atoms with van der Waals surface area (Å²) in [5.74, 6) is -1.36. The average molecular weight is 537 g/mol. The van der Waals surface area contributed by atoms with Gasteiger partial charge in [-0.3, -0.25) is 28.8 Å². The maximum atomic E-state index is 14.4. The highest BCUT2D eigenvalue weighted by Gasteiger charge is 2.55. The van der Waals surface area contributed by atoms with Crippen molar-refractivity contribution in [1.29, 1.82) is 0 Å². The minimum absolute atomic E-state index is 0.0457. The second-order valence-electron chi connectivity index (χ2n) is 9.83. The Kier molecular flexibility index (Phi) is 5.69. The molecule has 0 bridgehead atoms. The van der Waals surface area contributed by atoms with Crippen LogP contribution in [0.15, 0.2) is 72.9 Å². The standard InChI is InChI=1S/C31H25FN4O4/c1-4-26(37)36-22-8-6-5-7-19(22)20-15-21(34-16-24(20)36)29(38)31(2)27-23(13-14-25(40-3)28(27)33)35(30(31)39)18-11-9-17(32)10-12-18/h5-16H,4,33H2,1-3H3/t31-/m0/s1. The van der Waals surface area contributed by atoms with Crippen molar-refractivity contribution < 1.29 is 23.5 Å². The van der Waals surface area contributed by atoms with Crippen LogP contribution in [0.25, 0.3) is 21.8 Å². The summed E-state index contributed by atoms with van der Waals surface area (Å²) in [6.45, 7) is 3.30. The van der Waals surface area contributed by atoms with Gasteiger partial charge in [0, 0.05) is 28.4 Å². The van der Waals surface area contributed by atoms with Gasteiger partial charge >= 0.3 is 0 Å². The first-order valence-electron chi connectivity index (χ1n) is 12.8. The zero-order chi connectivity index (χ0) is 28.3. The minimum Gasteiger partial charge on any atom is -0.495 e. The van der Waals surface area contributed by atoms with Gasteiger partial charge in [0.25, 0.3) is 0 Å². The maximum absolute atomic E-state index is 14.4. The summed E-state index contributed by atoms with van der Waals surface area (Å²) in [6.07, 6.45) is 1.78. The molecule has 0 saturated carbocycles. The van der Waals surface area contributed by atoms with Crippen LogP contribution in [-0.4, -0.2) is 34.3 Å². The fraction of sp³-hybridized carbons (Fsp3) is 0.161. The first kappa shape index (κ1) is 25.2. The third-order valence-electron chi connectivity index (χ3n) is 7.66. The van der Waals surface area contributed by atoms with Gasteiger partial charge in [0.1, 0.15) is 22.7 Å². The molecule has 3 aromatic carbocycles. The number of rotatable bonds is 5. The molecule has 0 saturated heterocycles. The lowest BCUT2D eigenvalue weighted by Crippen LogP contribution is -2.43. The van der Waals surface area contributed by atoms with Crippen LogP contribution >= 0.6 is 0 Å². The Morgan fingerprint density at radius 2 is 1.75 bits per heavy atom. The molecule has 0 radical (unpaired) electrons. The van der Waals surface area contributed by atoms with E-state index in [2.05, 4.69) is 4.98 Å². The van der Waals surface area contributed by atoms with Gasteiger partial charge in [-0.1, -0.05) is 25.1 Å². The van der Waals surface area contributed by atoms with Gasteiger partial charge in [-0.15, -0.1) is 0 Å². The van der Waals surface area contributed by atoms with E-state index in [0.717, 1.165) is 5.39 Å². The van der Waals surface area contributed by atoms with Crippen molar-refractivity contribution in [3.8, 4) is 5.75 Å². The monoisotopic (exact) mass is 536 g/mol. The first-order chi connectivity index (χ1) is 19.2. The van der Waals surface area contributed by atoms with E-state index in [9.17, 15) is 18.8 Å². The predicted octanol–water partition coefficient (Wildman–Crippen LogP) is 5.79. The number of fused-ring (bicyclic) bond motifs is 4. The molecule has 0 aliphatic carbocycles. The Labute approximate surface area is 228 Å². The zero-order valence-corrected chi connectivity index (χ0v) is 22.1. The summed E-state index contributed by atoms with van der Waals surface area (Å²) < 4.78 is 20.7. The van der Waals surface area contributed by atoms with Gasteiger partial charge in [0.15, 0.2) is 0 Å². The number of aromatic nitrogens is 2. The molecule has 3 heterocycles. The van der Waals surface area contributed by atoms with E-state index in [0.29, 0.717) is 33.5 Å². The van der Waals surface area contributed by atoms with Gasteiger partial charge in [-0.05, 0) is 55.5 Å². The van der Waals surface area contributed by atoms with Crippen molar-refractivity contribution in [3.63, 3.8) is 0 Å². The lowest BCUT2D eigenvalue weighted by molar-refractivity contribution is -0.120. The predicted molar refractivity (Wildman–Crippen MR) is 151 cm³/mol. The molecule has 1 aliphatic heterocycles. The number of carbonyl (C=O) groups is 3. The van der Waals surface area contributed by atoms with Gasteiger partial charge in [0.05, 0.1) is 35.7 Å². The van der Waals surface area contributed by atoms with Crippen molar-refractivity contribution in [3.05, 3.63) is 90.0 Å². The van der Waals surface area contributed by atoms with E-state index >= 15 is 0 Å². The van der Waals surface area contributed by atoms with Crippen molar-refractivity contribution in [2.45, 2.75) is 25.7 Å². The summed E-state index contributed by atoms with van der Waals surface area (Å²) in [5, 5.41) is 1.45. The average Bonchev–Trinajstić information content (AvgIpc) is 3.42. The summed E-state index contributed by atoms with van der Waals surface area (Å²) in [4.78, 5) is 47.2. The highest BCUT2D eigenvalue weighted by molar-refractivity contribution is 6.29. The zero-order valence-electron chi connectivity index (χ0n) is 22.1. The number of para-hydroxylation sites is 1. The highest BCUT2D eigenvalue weighted by atomic mass is 19.1. The Balaban J connectivity index is 1.57. The molecule has 1 atom stereocenters. The maximum Gasteiger partial charge on any atom is 0.250 e. The van der Waals surface area contributed by atoms with Crippen molar-refractivity contribution >= 4 is 56.5 Å². The molecular weight excluding hydrogens is 511 g/mol. The smallest absolute Gasteiger partial charge is 0.250 e. The van der Waals surface area contributed by atoms with E-state index in [1.165, 1.54) is 49.4 Å². The van der Waals surface area contributed by atoms with E-state index in [-0.39, 0.29) is 29.3 Å². The number of nitrogens with zero attached hydrogens (tertiary/aromatic N) is 3. The van der Waals surface area contributed by atoms with Crippen LogP contribution in [0, 0.1) is 5.82 Å². The first-order valence-corrected chi connectivity index (χ1v) is 12.8. The van der Waals surface area contributed by atoms with E-state index in [4.69, 9.17) is 10.5 Å². The van der Waals surface area contributed by atoms with Crippen LogP contribution in [0.4, 0.5) is 21.5 Å². The molecule has 1 aliphatic rings. The number of ketones is 1. The Morgan fingerprint density at radius 3 is 2.45 bits per heavy atom. The topological polar surface area (TPSA) is 108 Å². The third-order valence-corrected chi connectivity index (χ3v) is 7.66. The number of carbonyl (C=O) groups excluding carboxylic acids is 3. The lowest BCUT2D eigenvalue weighted by Gasteiger charge is -2.23. The number of ether oxygens (including phenoxy) is 1. The number of nitrogen functional groups attached to an aromatic ring is 1. The van der Waals surface area contributed by atoms with Crippen LogP contribution in [0.5, 0.6) is 5.75 Å². The molecule has 5 aromatic rings. The van der Waals surface area contributed by atoms with E-state index in [1.54, 1.807) is 29.7 Å². The number of Topliss-reactive ketones (excluding diaryl/α,β-unsaturated/α-hetero) is 1. The molecule has 200 valence electrons. The molecule has 1 amide bonds. The lowest BCUT2D eigenvalue weighted by atomic mass is 9.77. The van der Waals surface area contributed by atoms with Crippen molar-refractivity contribution in [1.82, 2.24) is 9.55 Å². The van der Waals surface area contributed by atoms with Gasteiger partial charge in [0.2, 0.25) is 17.6 Å². The quantitative estimate of drug-likeness (QED) is 0.173. The number of nitrogens with two attached hydrogens (primary N) is 1. The molecule has 0 spiro atoms. The van der Waals surface area contributed by atoms with Crippen molar-refractivity contribution in [2.24, 2.45) is 0 Å². The molecule has 2 aromatic heterocycles. The van der Waals surface area contributed by atoms with Gasteiger partial charge in [-0.2, -0.15) is 0 Å². The number of hydrogen-bond donors (Lipinski definition) is 1. The number of methoxy groups -OCH3 is 1. The second-order valence-corrected chi connectivity index (χ2v) is 9.83. The Morgan fingerprint density at radius 1 is 1.02 bits per heavy atom. The van der Waals surface area contributed by atoms with Crippen molar-refractivity contribution in [2.75, 3.05) is 17.7 Å². The summed E-state index contributed by atoms with van der Waals surface area (Å²) in [6, 6.07) is 17.8. The number of hydrogen-bond acceptors (Lipinski definition) is 6. The SMILES string of the molecule is CCC(=O)n1c2ccccc2c2cc(C(=O)[C@@]3(C)C(=O)N(c4ccc(F)cc4)c4ccc(OC)c(N)c43)ncc21. The fourth-order valence-electron chi connectivity index (χ4n) is 5.65. The molecule has 0 unspecified atom stereocenters. The fourth-order valence-corrected chi connectivity index (χ4v) is 5.65. The molecular formula is C31H25FN4O4. The number of benzene rings is 3. The van der Waals surface area contributed by atoms with Crippen LogP contribution in [0.1, 0.15) is 41.1 Å².